The van der Waals surface area contributed by atoms with Crippen molar-refractivity contribution in [2.45, 2.75) is 13.5 Å². The molecule has 1 aromatic rings. The normalized spacial score (nSPS) is 9.93. The molecule has 0 fully saturated rings. The van der Waals surface area contributed by atoms with Crippen LogP contribution in [0.25, 0.3) is 0 Å². The molecule has 14 heavy (non-hydrogen) atoms. The van der Waals surface area contributed by atoms with Crippen LogP contribution in [-0.2, 0) is 6.54 Å². The second-order valence-electron chi connectivity index (χ2n) is 2.90. The number of amides is 2. The molecule has 0 aliphatic rings. The van der Waals surface area contributed by atoms with Crippen LogP contribution in [0.3, 0.4) is 0 Å². The predicted molar refractivity (Wildman–Crippen MR) is 62.6 cm³/mol. The second kappa shape index (κ2) is 5.36. The van der Waals surface area contributed by atoms with Gasteiger partial charge in [-0.3, -0.25) is 0 Å². The van der Waals surface area contributed by atoms with Gasteiger partial charge in [-0.05, 0) is 28.9 Å². The summed E-state index contributed by atoms with van der Waals surface area (Å²) in [5, 5.41) is 4.84. The summed E-state index contributed by atoms with van der Waals surface area (Å²) in [6, 6.07) is 1.98. The van der Waals surface area contributed by atoms with Gasteiger partial charge in [-0.15, -0.1) is 11.3 Å². The lowest BCUT2D eigenvalue weighted by Crippen LogP contribution is -2.36. The van der Waals surface area contributed by atoms with Crippen LogP contribution in [0.1, 0.15) is 11.8 Å². The Bertz CT molecular complexity index is 314. The Balaban J connectivity index is 2.37. The van der Waals surface area contributed by atoms with Crippen LogP contribution in [0, 0.1) is 0 Å². The van der Waals surface area contributed by atoms with E-state index in [0.29, 0.717) is 6.54 Å². The number of hydrogen-bond donors (Lipinski definition) is 1. The lowest BCUT2D eigenvalue weighted by molar-refractivity contribution is 0.210. The van der Waals surface area contributed by atoms with E-state index in [2.05, 4.69) is 21.2 Å². The zero-order valence-corrected chi connectivity index (χ0v) is 10.6. The van der Waals surface area contributed by atoms with Crippen LogP contribution in [0.15, 0.2) is 15.9 Å². The smallest absolute Gasteiger partial charge is 0.317 e. The molecule has 3 nitrogen and oxygen atoms in total. The highest BCUT2D eigenvalue weighted by Gasteiger charge is 2.05. The summed E-state index contributed by atoms with van der Waals surface area (Å²) in [6.45, 7) is 3.26. The number of rotatable bonds is 3. The molecule has 5 heteroatoms. The fourth-order valence-electron chi connectivity index (χ4n) is 0.888. The molecule has 0 unspecified atom stereocenters. The Hall–Kier alpha value is -0.550. The molecule has 0 atom stereocenters. The molecule has 2 amide bonds. The summed E-state index contributed by atoms with van der Waals surface area (Å²) in [6.07, 6.45) is 0. The zero-order valence-electron chi connectivity index (χ0n) is 8.21. The third-order valence-corrected chi connectivity index (χ3v) is 3.55. The van der Waals surface area contributed by atoms with Gasteiger partial charge in [-0.2, -0.15) is 0 Å². The summed E-state index contributed by atoms with van der Waals surface area (Å²) >= 11 is 5.00. The lowest BCUT2D eigenvalue weighted by Gasteiger charge is -2.14. The number of thiophene rings is 1. The topological polar surface area (TPSA) is 32.3 Å². The molecular weight excluding hydrogens is 264 g/mol. The molecule has 1 rings (SSSR count). The quantitative estimate of drug-likeness (QED) is 0.905. The van der Waals surface area contributed by atoms with Crippen molar-refractivity contribution in [2.24, 2.45) is 0 Å². The van der Waals surface area contributed by atoms with E-state index in [1.54, 1.807) is 23.3 Å². The highest BCUT2D eigenvalue weighted by Crippen LogP contribution is 2.19. The van der Waals surface area contributed by atoms with E-state index in [1.165, 1.54) is 0 Å². The van der Waals surface area contributed by atoms with Crippen molar-refractivity contribution in [3.63, 3.8) is 0 Å². The minimum absolute atomic E-state index is 0.0305. The minimum atomic E-state index is -0.0305. The van der Waals surface area contributed by atoms with Crippen LogP contribution >= 0.6 is 27.3 Å². The standard InChI is InChI=1S/C9H13BrN2OS/c1-3-12(2)9(13)11-5-8-4-7(10)6-14-8/h4,6H,3,5H2,1-2H3,(H,11,13). The first-order chi connectivity index (χ1) is 6.63. The molecule has 0 aliphatic heterocycles. The van der Waals surface area contributed by atoms with Gasteiger partial charge < -0.3 is 10.2 Å². The van der Waals surface area contributed by atoms with Crippen molar-refractivity contribution < 1.29 is 4.79 Å². The highest BCUT2D eigenvalue weighted by atomic mass is 79.9. The Kier molecular flexibility index (Phi) is 4.41. The van der Waals surface area contributed by atoms with Crippen LogP contribution in [-0.4, -0.2) is 24.5 Å². The average Bonchev–Trinajstić information content (AvgIpc) is 2.59. The van der Waals surface area contributed by atoms with Crippen molar-refractivity contribution >= 4 is 33.3 Å². The molecule has 0 bridgehead atoms. The van der Waals surface area contributed by atoms with E-state index < -0.39 is 0 Å². The van der Waals surface area contributed by atoms with Gasteiger partial charge in [0.1, 0.15) is 0 Å². The monoisotopic (exact) mass is 276 g/mol. The van der Waals surface area contributed by atoms with Gasteiger partial charge in [0, 0.05) is 28.3 Å². The fourth-order valence-corrected chi connectivity index (χ4v) is 2.28. The van der Waals surface area contributed by atoms with Crippen molar-refractivity contribution in [2.75, 3.05) is 13.6 Å². The number of carbonyl (C=O) groups excluding carboxylic acids is 1. The van der Waals surface area contributed by atoms with Crippen molar-refractivity contribution in [1.82, 2.24) is 10.2 Å². The Morgan fingerprint density at radius 2 is 2.43 bits per heavy atom. The molecule has 1 aromatic heterocycles. The maximum Gasteiger partial charge on any atom is 0.317 e. The van der Waals surface area contributed by atoms with E-state index >= 15 is 0 Å². The first-order valence-electron chi connectivity index (χ1n) is 4.35. The molecule has 0 aromatic carbocycles. The second-order valence-corrected chi connectivity index (χ2v) is 4.82. The molecule has 0 radical (unpaired) electrons. The van der Waals surface area contributed by atoms with E-state index in [4.69, 9.17) is 0 Å². The SMILES string of the molecule is CCN(C)C(=O)NCc1cc(Br)cs1. The summed E-state index contributed by atoms with van der Waals surface area (Å²) in [5.41, 5.74) is 0. The van der Waals surface area contributed by atoms with Crippen LogP contribution < -0.4 is 5.32 Å². The van der Waals surface area contributed by atoms with Crippen molar-refractivity contribution in [1.29, 1.82) is 0 Å². The number of halogens is 1. The van der Waals surface area contributed by atoms with Gasteiger partial charge >= 0.3 is 6.03 Å². The van der Waals surface area contributed by atoms with Crippen LogP contribution in [0.4, 0.5) is 4.79 Å². The number of nitrogens with one attached hydrogen (secondary N) is 1. The van der Waals surface area contributed by atoms with E-state index in [0.717, 1.165) is 15.9 Å². The van der Waals surface area contributed by atoms with E-state index in [1.807, 2.05) is 18.4 Å². The van der Waals surface area contributed by atoms with Gasteiger partial charge in [-0.1, -0.05) is 0 Å². The van der Waals surface area contributed by atoms with Crippen molar-refractivity contribution in [3.8, 4) is 0 Å². The largest absolute Gasteiger partial charge is 0.333 e. The zero-order chi connectivity index (χ0) is 10.6. The minimum Gasteiger partial charge on any atom is -0.333 e. The van der Waals surface area contributed by atoms with E-state index in [-0.39, 0.29) is 6.03 Å². The molecular formula is C9H13BrN2OS. The Labute approximate surface area is 96.2 Å². The number of hydrogen-bond acceptors (Lipinski definition) is 2. The van der Waals surface area contributed by atoms with Gasteiger partial charge in [0.2, 0.25) is 0 Å². The molecule has 0 spiro atoms. The third-order valence-electron chi connectivity index (χ3n) is 1.86. The number of nitrogens with zero attached hydrogens (tertiary/aromatic N) is 1. The molecule has 78 valence electrons. The predicted octanol–water partition coefficient (Wildman–Crippen LogP) is 2.67. The van der Waals surface area contributed by atoms with Crippen LogP contribution in [0.2, 0.25) is 0 Å². The molecule has 0 aliphatic carbocycles. The molecule has 0 saturated heterocycles. The summed E-state index contributed by atoms with van der Waals surface area (Å²) in [5.74, 6) is 0. The molecule has 0 saturated carbocycles. The van der Waals surface area contributed by atoms with Gasteiger partial charge in [-0.25, -0.2) is 4.79 Å². The molecule has 1 N–H and O–H groups in total. The maximum absolute atomic E-state index is 11.4. The van der Waals surface area contributed by atoms with Gasteiger partial charge in [0.05, 0.1) is 6.54 Å². The molecule has 1 heterocycles. The maximum atomic E-state index is 11.4. The lowest BCUT2D eigenvalue weighted by atomic mass is 10.4. The first-order valence-corrected chi connectivity index (χ1v) is 6.02. The Morgan fingerprint density at radius 1 is 1.71 bits per heavy atom. The van der Waals surface area contributed by atoms with Crippen molar-refractivity contribution in [3.05, 3.63) is 20.8 Å². The number of carbonyl (C=O) groups is 1. The average molecular weight is 277 g/mol. The van der Waals surface area contributed by atoms with E-state index in [9.17, 15) is 4.79 Å². The van der Waals surface area contributed by atoms with Crippen LogP contribution in [0.5, 0.6) is 0 Å². The summed E-state index contributed by atoms with van der Waals surface area (Å²) in [4.78, 5) is 14.2. The summed E-state index contributed by atoms with van der Waals surface area (Å²) in [7, 11) is 1.78. The third kappa shape index (κ3) is 3.31. The Morgan fingerprint density at radius 3 is 2.93 bits per heavy atom. The van der Waals surface area contributed by atoms with Gasteiger partial charge in [0.15, 0.2) is 0 Å². The fraction of sp³-hybridized carbons (Fsp3) is 0.444. The van der Waals surface area contributed by atoms with Gasteiger partial charge in [0.25, 0.3) is 0 Å². The number of urea groups is 1. The highest BCUT2D eigenvalue weighted by molar-refractivity contribution is 9.10. The summed E-state index contributed by atoms with van der Waals surface area (Å²) < 4.78 is 1.07. The first kappa shape index (κ1) is 11.5.